The molecular formula is C25H34N2O. The third-order valence-corrected chi connectivity index (χ3v) is 9.30. The van der Waals surface area contributed by atoms with E-state index < -0.39 is 0 Å². The summed E-state index contributed by atoms with van der Waals surface area (Å²) in [6.45, 7) is 6.79. The maximum atomic E-state index is 14.0. The fourth-order valence-corrected chi connectivity index (χ4v) is 8.62. The van der Waals surface area contributed by atoms with Crippen LogP contribution in [0, 0.1) is 22.2 Å². The van der Waals surface area contributed by atoms with Crippen LogP contribution in [0.25, 0.3) is 0 Å². The average Bonchev–Trinajstić information content (AvgIpc) is 2.65. The third kappa shape index (κ3) is 2.41. The molecule has 0 radical (unpaired) electrons. The highest BCUT2D eigenvalue weighted by atomic mass is 16.2. The van der Waals surface area contributed by atoms with Crippen LogP contribution in [-0.2, 0) is 10.2 Å². The van der Waals surface area contributed by atoms with Gasteiger partial charge in [0, 0.05) is 26.2 Å². The maximum Gasteiger partial charge on any atom is 0.228 e. The molecule has 3 heteroatoms. The summed E-state index contributed by atoms with van der Waals surface area (Å²) in [5.41, 5.74) is 2.50. The molecule has 0 aromatic heterocycles. The van der Waals surface area contributed by atoms with Gasteiger partial charge in [0.15, 0.2) is 0 Å². The van der Waals surface area contributed by atoms with Gasteiger partial charge < -0.3 is 10.2 Å². The first-order valence-corrected chi connectivity index (χ1v) is 11.5. The van der Waals surface area contributed by atoms with Crippen molar-refractivity contribution in [2.45, 2.75) is 63.7 Å². The standard InChI is InChI=1S/C25H34N2O/c1-22-11-19-12-24(14-22,20-5-3-2-4-6-20)16-25(13-19,15-22)21(28)27-9-7-23(8-10-27)17-26-18-23/h2-6,19,26H,7-18H2,1H3. The summed E-state index contributed by atoms with van der Waals surface area (Å²) in [4.78, 5) is 16.3. The largest absolute Gasteiger partial charge is 0.342 e. The number of benzene rings is 1. The molecule has 2 saturated heterocycles. The summed E-state index contributed by atoms with van der Waals surface area (Å²) in [5, 5.41) is 3.45. The number of piperidine rings is 1. The van der Waals surface area contributed by atoms with Gasteiger partial charge in [-0.2, -0.15) is 0 Å². The lowest BCUT2D eigenvalue weighted by Gasteiger charge is -2.66. The Hall–Kier alpha value is -1.35. The number of likely N-dealkylation sites (tertiary alicyclic amines) is 1. The lowest BCUT2D eigenvalue weighted by molar-refractivity contribution is -0.172. The van der Waals surface area contributed by atoms with Crippen LogP contribution >= 0.6 is 0 Å². The summed E-state index contributed by atoms with van der Waals surface area (Å²) in [5.74, 6) is 1.25. The second-order valence-corrected chi connectivity index (χ2v) is 11.6. The molecule has 3 nitrogen and oxygen atoms in total. The molecule has 4 aliphatic carbocycles. The molecule has 1 aromatic carbocycles. The minimum Gasteiger partial charge on any atom is -0.342 e. The molecular weight excluding hydrogens is 344 g/mol. The summed E-state index contributed by atoms with van der Waals surface area (Å²) >= 11 is 0. The SMILES string of the molecule is CC12CC3CC(C(=O)N4CCC5(CC4)CNC5)(C1)CC(c1ccccc1)(C3)C2. The molecule has 4 atom stereocenters. The van der Waals surface area contributed by atoms with Gasteiger partial charge in [-0.25, -0.2) is 0 Å². The van der Waals surface area contributed by atoms with Crippen molar-refractivity contribution in [3.63, 3.8) is 0 Å². The number of hydrogen-bond acceptors (Lipinski definition) is 2. The molecule has 2 aliphatic heterocycles. The van der Waals surface area contributed by atoms with E-state index in [0.29, 0.717) is 16.7 Å². The highest BCUT2D eigenvalue weighted by Crippen LogP contribution is 2.70. The summed E-state index contributed by atoms with van der Waals surface area (Å²) < 4.78 is 0. The highest BCUT2D eigenvalue weighted by molar-refractivity contribution is 5.84. The van der Waals surface area contributed by atoms with Crippen molar-refractivity contribution in [3.8, 4) is 0 Å². The zero-order valence-electron chi connectivity index (χ0n) is 17.3. The normalized spacial score (nSPS) is 43.2. The molecule has 1 spiro atoms. The predicted molar refractivity (Wildman–Crippen MR) is 111 cm³/mol. The molecule has 28 heavy (non-hydrogen) atoms. The first-order valence-electron chi connectivity index (χ1n) is 11.5. The summed E-state index contributed by atoms with van der Waals surface area (Å²) in [6, 6.07) is 11.2. The Balaban J connectivity index is 1.31. The van der Waals surface area contributed by atoms with Crippen LogP contribution in [-0.4, -0.2) is 37.0 Å². The second-order valence-electron chi connectivity index (χ2n) is 11.6. The zero-order valence-corrected chi connectivity index (χ0v) is 17.3. The topological polar surface area (TPSA) is 32.3 Å². The van der Waals surface area contributed by atoms with E-state index in [2.05, 4.69) is 47.5 Å². The number of nitrogens with one attached hydrogen (secondary N) is 1. The summed E-state index contributed by atoms with van der Waals surface area (Å²) in [6.07, 6.45) is 9.70. The maximum absolute atomic E-state index is 14.0. The van der Waals surface area contributed by atoms with Gasteiger partial charge in [0.05, 0.1) is 5.41 Å². The quantitative estimate of drug-likeness (QED) is 0.839. The molecule has 1 amide bonds. The average molecular weight is 379 g/mol. The van der Waals surface area contributed by atoms with E-state index in [1.165, 1.54) is 37.7 Å². The van der Waals surface area contributed by atoms with Gasteiger partial charge >= 0.3 is 0 Å². The Labute approximate surface area is 169 Å². The van der Waals surface area contributed by atoms with Crippen LogP contribution < -0.4 is 5.32 Å². The fourth-order valence-electron chi connectivity index (χ4n) is 8.62. The van der Waals surface area contributed by atoms with Crippen molar-refractivity contribution < 1.29 is 4.79 Å². The highest BCUT2D eigenvalue weighted by Gasteiger charge is 2.65. The molecule has 6 aliphatic rings. The lowest BCUT2D eigenvalue weighted by Crippen LogP contribution is -2.64. The van der Waals surface area contributed by atoms with Gasteiger partial charge in [-0.15, -0.1) is 0 Å². The Morgan fingerprint density at radius 1 is 1.00 bits per heavy atom. The van der Waals surface area contributed by atoms with Crippen LogP contribution in [0.1, 0.15) is 63.9 Å². The zero-order chi connectivity index (χ0) is 19.0. The number of carbonyl (C=O) groups is 1. The smallest absolute Gasteiger partial charge is 0.228 e. The van der Waals surface area contributed by atoms with E-state index in [1.807, 2.05) is 0 Å². The molecule has 1 aromatic rings. The van der Waals surface area contributed by atoms with Crippen molar-refractivity contribution in [2.75, 3.05) is 26.2 Å². The lowest BCUT2D eigenvalue weighted by atomic mass is 9.38. The van der Waals surface area contributed by atoms with Crippen molar-refractivity contribution in [1.29, 1.82) is 0 Å². The van der Waals surface area contributed by atoms with E-state index in [4.69, 9.17) is 0 Å². The van der Waals surface area contributed by atoms with Crippen LogP contribution in [0.5, 0.6) is 0 Å². The molecule has 4 saturated carbocycles. The van der Waals surface area contributed by atoms with E-state index in [-0.39, 0.29) is 10.8 Å². The second kappa shape index (κ2) is 5.62. The Morgan fingerprint density at radius 2 is 1.75 bits per heavy atom. The number of hydrogen-bond donors (Lipinski definition) is 1. The van der Waals surface area contributed by atoms with E-state index >= 15 is 0 Å². The monoisotopic (exact) mass is 378 g/mol. The van der Waals surface area contributed by atoms with Crippen LogP contribution in [0.15, 0.2) is 30.3 Å². The van der Waals surface area contributed by atoms with Crippen molar-refractivity contribution >= 4 is 5.91 Å². The van der Waals surface area contributed by atoms with Crippen LogP contribution in [0.2, 0.25) is 0 Å². The Kier molecular flexibility index (Phi) is 3.51. The van der Waals surface area contributed by atoms with Gasteiger partial charge in [0.2, 0.25) is 5.91 Å². The molecule has 1 N–H and O–H groups in total. The number of nitrogens with zero attached hydrogens (tertiary/aromatic N) is 1. The summed E-state index contributed by atoms with van der Waals surface area (Å²) in [7, 11) is 0. The Morgan fingerprint density at radius 3 is 2.39 bits per heavy atom. The molecule has 7 rings (SSSR count). The van der Waals surface area contributed by atoms with Gasteiger partial charge in [0.1, 0.15) is 0 Å². The van der Waals surface area contributed by atoms with E-state index in [1.54, 1.807) is 0 Å². The first-order chi connectivity index (χ1) is 13.4. The Bertz CT molecular complexity index is 792. The van der Waals surface area contributed by atoms with Crippen LogP contribution in [0.4, 0.5) is 0 Å². The van der Waals surface area contributed by atoms with Gasteiger partial charge in [0.25, 0.3) is 0 Å². The van der Waals surface area contributed by atoms with Crippen molar-refractivity contribution in [2.24, 2.45) is 22.2 Å². The number of rotatable bonds is 2. The van der Waals surface area contributed by atoms with Gasteiger partial charge in [-0.05, 0) is 79.1 Å². The predicted octanol–water partition coefficient (Wildman–Crippen LogP) is 4.13. The molecule has 6 fully saturated rings. The van der Waals surface area contributed by atoms with E-state index in [9.17, 15) is 4.79 Å². The molecule has 2 heterocycles. The number of carbonyl (C=O) groups excluding carboxylic acids is 1. The van der Waals surface area contributed by atoms with Gasteiger partial charge in [-0.1, -0.05) is 37.3 Å². The minimum absolute atomic E-state index is 0.0909. The van der Waals surface area contributed by atoms with Gasteiger partial charge in [-0.3, -0.25) is 4.79 Å². The molecule has 150 valence electrons. The third-order valence-electron chi connectivity index (χ3n) is 9.30. The molecule has 4 bridgehead atoms. The van der Waals surface area contributed by atoms with Crippen molar-refractivity contribution in [1.82, 2.24) is 10.2 Å². The van der Waals surface area contributed by atoms with Crippen molar-refractivity contribution in [3.05, 3.63) is 35.9 Å². The first kappa shape index (κ1) is 17.5. The van der Waals surface area contributed by atoms with Crippen LogP contribution in [0.3, 0.4) is 0 Å². The number of amides is 1. The minimum atomic E-state index is -0.0909. The fraction of sp³-hybridized carbons (Fsp3) is 0.720. The molecule has 4 unspecified atom stereocenters. The van der Waals surface area contributed by atoms with E-state index in [0.717, 1.165) is 51.4 Å².